The van der Waals surface area contributed by atoms with Crippen LogP contribution in [0.4, 0.5) is 0 Å². The molecule has 37 heavy (non-hydrogen) atoms. The van der Waals surface area contributed by atoms with Gasteiger partial charge < -0.3 is 9.64 Å². The van der Waals surface area contributed by atoms with Gasteiger partial charge in [-0.05, 0) is 103 Å². The fourth-order valence-electron chi connectivity index (χ4n) is 7.01. The Morgan fingerprint density at radius 3 is 2.57 bits per heavy atom. The molecule has 3 aliphatic rings. The molecule has 202 valence electrons. The first kappa shape index (κ1) is 27.7. The normalized spacial score (nSPS) is 25.1. The maximum absolute atomic E-state index is 6.52. The number of piperidine rings is 1. The molecule has 0 amide bonds. The highest BCUT2D eigenvalue weighted by Gasteiger charge is 2.36. The molecule has 5 rings (SSSR count). The van der Waals surface area contributed by atoms with Crippen molar-refractivity contribution in [1.29, 1.82) is 0 Å². The zero-order chi connectivity index (χ0) is 25.6. The highest BCUT2D eigenvalue weighted by molar-refractivity contribution is 7.08. The van der Waals surface area contributed by atoms with Crippen molar-refractivity contribution in [2.75, 3.05) is 39.3 Å². The number of likely N-dealkylation sites (tertiary alicyclic amines) is 2. The summed E-state index contributed by atoms with van der Waals surface area (Å²) in [5, 5.41) is 6.06. The Bertz CT molecular complexity index is 985. The maximum Gasteiger partial charge on any atom is 0.0648 e. The largest absolute Gasteiger partial charge is 0.374 e. The van der Waals surface area contributed by atoms with Gasteiger partial charge in [-0.1, -0.05) is 48.2 Å². The maximum atomic E-state index is 6.52. The smallest absolute Gasteiger partial charge is 0.0648 e. The van der Waals surface area contributed by atoms with Crippen molar-refractivity contribution in [1.82, 2.24) is 9.80 Å². The van der Waals surface area contributed by atoms with Crippen LogP contribution in [0, 0.1) is 17.8 Å². The third-order valence-corrected chi connectivity index (χ3v) is 10.3. The summed E-state index contributed by atoms with van der Waals surface area (Å²) in [7, 11) is 0. The number of rotatable bonds is 11. The van der Waals surface area contributed by atoms with Crippen LogP contribution in [0.3, 0.4) is 0 Å². The van der Waals surface area contributed by atoms with E-state index in [2.05, 4.69) is 39.3 Å². The molecule has 0 bridgehead atoms. The van der Waals surface area contributed by atoms with Crippen LogP contribution >= 0.6 is 34.5 Å². The molecular weight excluding hydrogens is 519 g/mol. The predicted octanol–water partition coefficient (Wildman–Crippen LogP) is 8.13. The Balaban J connectivity index is 1.16. The lowest BCUT2D eigenvalue weighted by molar-refractivity contribution is 0.00498. The van der Waals surface area contributed by atoms with Crippen molar-refractivity contribution < 1.29 is 4.74 Å². The van der Waals surface area contributed by atoms with E-state index in [0.29, 0.717) is 29.6 Å². The zero-order valence-corrected chi connectivity index (χ0v) is 24.3. The summed E-state index contributed by atoms with van der Waals surface area (Å²) in [5.41, 5.74) is 2.68. The van der Waals surface area contributed by atoms with Gasteiger partial charge in [-0.25, -0.2) is 0 Å². The number of hydrogen-bond acceptors (Lipinski definition) is 4. The van der Waals surface area contributed by atoms with E-state index in [-0.39, 0.29) is 0 Å². The second kappa shape index (κ2) is 13.5. The van der Waals surface area contributed by atoms with Gasteiger partial charge in [0.05, 0.1) is 12.7 Å². The van der Waals surface area contributed by atoms with Gasteiger partial charge in [0.15, 0.2) is 0 Å². The van der Waals surface area contributed by atoms with Gasteiger partial charge in [0, 0.05) is 42.1 Å². The molecule has 0 N–H and O–H groups in total. The second-order valence-electron chi connectivity index (χ2n) is 11.5. The fraction of sp³-hybridized carbons (Fsp3) is 0.613. The molecule has 1 aromatic carbocycles. The SMILES string of the molecule is C=CCOC(CC1CCN(C[C@H]2CN(Cc3ccc(Cl)cc3Cl)C[C@@H]2c2ccsc2)CC1)C1CCCC1. The highest BCUT2D eigenvalue weighted by atomic mass is 35.5. The average Bonchev–Trinajstić information content (AvgIpc) is 3.67. The number of hydrogen-bond donors (Lipinski definition) is 0. The molecule has 0 radical (unpaired) electrons. The standard InChI is InChI=1S/C31H42Cl2N2OS/c1-2-14-36-31(24-5-3-4-6-24)16-23-9-12-34(13-10-23)19-27-20-35(21-29(27)26-11-15-37-22-26)18-25-7-8-28(32)17-30(25)33/h2,7-8,11,15,17,22-24,27,29,31H,1,3-6,9-10,12-14,16,18-21H2/t27-,29+,31?/m0/s1. The van der Waals surface area contributed by atoms with Gasteiger partial charge >= 0.3 is 0 Å². The van der Waals surface area contributed by atoms with E-state index in [1.54, 1.807) is 0 Å². The first-order valence-corrected chi connectivity index (χ1v) is 15.9. The van der Waals surface area contributed by atoms with E-state index >= 15 is 0 Å². The van der Waals surface area contributed by atoms with Gasteiger partial charge in [-0.15, -0.1) is 6.58 Å². The van der Waals surface area contributed by atoms with Crippen molar-refractivity contribution in [2.24, 2.45) is 17.8 Å². The number of halogens is 2. The van der Waals surface area contributed by atoms with E-state index < -0.39 is 0 Å². The molecule has 3 atom stereocenters. The minimum Gasteiger partial charge on any atom is -0.374 e. The van der Waals surface area contributed by atoms with Crippen LogP contribution in [0.5, 0.6) is 0 Å². The van der Waals surface area contributed by atoms with Crippen molar-refractivity contribution >= 4 is 34.5 Å². The van der Waals surface area contributed by atoms with Crippen LogP contribution in [0.15, 0.2) is 47.7 Å². The quantitative estimate of drug-likeness (QED) is 0.258. The van der Waals surface area contributed by atoms with E-state index in [1.807, 2.05) is 29.5 Å². The summed E-state index contributed by atoms with van der Waals surface area (Å²) in [5.74, 6) is 2.81. The first-order valence-electron chi connectivity index (χ1n) is 14.2. The van der Waals surface area contributed by atoms with Crippen molar-refractivity contribution in [2.45, 2.75) is 63.5 Å². The van der Waals surface area contributed by atoms with Crippen LogP contribution in [-0.4, -0.2) is 55.2 Å². The molecule has 1 aliphatic carbocycles. The third kappa shape index (κ3) is 7.41. The van der Waals surface area contributed by atoms with Gasteiger partial charge in [0.2, 0.25) is 0 Å². The van der Waals surface area contributed by atoms with Crippen LogP contribution in [0.25, 0.3) is 0 Å². The summed E-state index contributed by atoms with van der Waals surface area (Å²) in [6.07, 6.45) is 11.7. The Kier molecular flexibility index (Phi) is 10.1. The molecule has 3 fully saturated rings. The average molecular weight is 562 g/mol. The van der Waals surface area contributed by atoms with E-state index in [9.17, 15) is 0 Å². The lowest BCUT2D eigenvalue weighted by Gasteiger charge is -2.36. The van der Waals surface area contributed by atoms with Gasteiger partial charge in [-0.3, -0.25) is 4.90 Å². The summed E-state index contributed by atoms with van der Waals surface area (Å²) in [6.45, 7) is 11.3. The molecule has 3 heterocycles. The molecule has 3 nitrogen and oxygen atoms in total. The number of nitrogens with zero attached hydrogens (tertiary/aromatic N) is 2. The van der Waals surface area contributed by atoms with E-state index in [4.69, 9.17) is 27.9 Å². The van der Waals surface area contributed by atoms with E-state index in [0.717, 1.165) is 36.5 Å². The van der Waals surface area contributed by atoms with Crippen LogP contribution in [0.2, 0.25) is 10.0 Å². The minimum absolute atomic E-state index is 0.433. The second-order valence-corrected chi connectivity index (χ2v) is 13.2. The number of ether oxygens (including phenoxy) is 1. The van der Waals surface area contributed by atoms with Crippen LogP contribution in [-0.2, 0) is 11.3 Å². The predicted molar refractivity (Wildman–Crippen MR) is 158 cm³/mol. The molecule has 1 saturated carbocycles. The van der Waals surface area contributed by atoms with Crippen molar-refractivity contribution in [3.63, 3.8) is 0 Å². The van der Waals surface area contributed by atoms with Crippen LogP contribution < -0.4 is 0 Å². The van der Waals surface area contributed by atoms with Crippen molar-refractivity contribution in [3.05, 3.63) is 68.9 Å². The Labute approximate surface area is 237 Å². The van der Waals surface area contributed by atoms with Gasteiger partial charge in [0.25, 0.3) is 0 Å². The molecular formula is C31H42Cl2N2OS. The summed E-state index contributed by atoms with van der Waals surface area (Å²) in [6, 6.07) is 8.24. The third-order valence-electron chi connectivity index (χ3n) is 9.02. The lowest BCUT2D eigenvalue weighted by atomic mass is 9.85. The summed E-state index contributed by atoms with van der Waals surface area (Å²) in [4.78, 5) is 5.34. The fourth-order valence-corrected chi connectivity index (χ4v) is 8.20. The summed E-state index contributed by atoms with van der Waals surface area (Å²) >= 11 is 14.5. The monoisotopic (exact) mass is 560 g/mol. The molecule has 1 unspecified atom stereocenters. The van der Waals surface area contributed by atoms with Crippen LogP contribution in [0.1, 0.15) is 62.0 Å². The number of benzene rings is 1. The number of thiophene rings is 1. The molecule has 1 aromatic heterocycles. The Morgan fingerprint density at radius 2 is 1.86 bits per heavy atom. The molecule has 2 saturated heterocycles. The molecule has 6 heteroatoms. The molecule has 2 aliphatic heterocycles. The molecule has 2 aromatic rings. The minimum atomic E-state index is 0.433. The summed E-state index contributed by atoms with van der Waals surface area (Å²) < 4.78 is 6.29. The van der Waals surface area contributed by atoms with Gasteiger partial charge in [0.1, 0.15) is 0 Å². The topological polar surface area (TPSA) is 15.7 Å². The zero-order valence-electron chi connectivity index (χ0n) is 22.0. The highest BCUT2D eigenvalue weighted by Crippen LogP contribution is 2.38. The molecule has 0 spiro atoms. The Morgan fingerprint density at radius 1 is 1.05 bits per heavy atom. The van der Waals surface area contributed by atoms with Gasteiger partial charge in [-0.2, -0.15) is 11.3 Å². The lowest BCUT2D eigenvalue weighted by Crippen LogP contribution is -2.40. The first-order chi connectivity index (χ1) is 18.1. The van der Waals surface area contributed by atoms with E-state index in [1.165, 1.54) is 75.7 Å². The van der Waals surface area contributed by atoms with Crippen molar-refractivity contribution in [3.8, 4) is 0 Å². The Hall–Kier alpha value is -0.880.